The van der Waals surface area contributed by atoms with E-state index in [1.807, 2.05) is 18.3 Å². The van der Waals surface area contributed by atoms with Gasteiger partial charge in [0, 0.05) is 48.9 Å². The quantitative estimate of drug-likeness (QED) is 0.329. The number of rotatable bonds is 5. The number of nitrogens with one attached hydrogen (secondary N) is 3. The van der Waals surface area contributed by atoms with Gasteiger partial charge in [0.1, 0.15) is 17.8 Å². The summed E-state index contributed by atoms with van der Waals surface area (Å²) in [4.78, 5) is 64.7. The number of allylic oxidation sites excluding steroid dienone is 6. The van der Waals surface area contributed by atoms with Gasteiger partial charge in [-0.25, -0.2) is 9.59 Å². The van der Waals surface area contributed by atoms with Crippen LogP contribution in [0.4, 0.5) is 18.0 Å². The Labute approximate surface area is 277 Å². The van der Waals surface area contributed by atoms with Gasteiger partial charge in [0.25, 0.3) is 0 Å². The number of aliphatic imine (C=N–C) groups is 1. The molecule has 1 aromatic heterocycles. The number of aromatic nitrogens is 1. The van der Waals surface area contributed by atoms with E-state index < -0.39 is 29.3 Å². The Balaban J connectivity index is 0.000000617. The molecule has 0 aromatic carbocycles. The minimum Gasteiger partial charge on any atom is -0.475 e. The topological polar surface area (TPSA) is 168 Å². The maximum atomic E-state index is 13.9. The van der Waals surface area contributed by atoms with Gasteiger partial charge in [0.15, 0.2) is 0 Å². The Morgan fingerprint density at radius 2 is 1.70 bits per heavy atom. The summed E-state index contributed by atoms with van der Waals surface area (Å²) in [7, 11) is 0. The normalized spacial score (nSPS) is 18.1. The van der Waals surface area contributed by atoms with Crippen molar-refractivity contribution in [3.05, 3.63) is 55.4 Å². The number of hydrogen-bond acceptors (Lipinski definition) is 8. The van der Waals surface area contributed by atoms with E-state index in [4.69, 9.17) is 19.6 Å². The van der Waals surface area contributed by atoms with Crippen LogP contribution < -0.4 is 16.0 Å². The molecule has 1 aromatic rings. The van der Waals surface area contributed by atoms with E-state index in [-0.39, 0.29) is 37.1 Å². The molecule has 0 fully saturated rings. The zero-order valence-corrected chi connectivity index (χ0v) is 28.0. The van der Waals surface area contributed by atoms with Gasteiger partial charge in [0.05, 0.1) is 20.4 Å². The van der Waals surface area contributed by atoms with Crippen molar-refractivity contribution in [3.8, 4) is 0 Å². The van der Waals surface area contributed by atoms with Gasteiger partial charge >= 0.3 is 18.2 Å². The minimum absolute atomic E-state index is 0.0487. The fourth-order valence-electron chi connectivity index (χ4n) is 5.42. The summed E-state index contributed by atoms with van der Waals surface area (Å²) in [6.45, 7) is 6.80. The first-order chi connectivity index (χ1) is 21.3. The van der Waals surface area contributed by atoms with Crippen molar-refractivity contribution < 1.29 is 47.0 Å². The van der Waals surface area contributed by atoms with Crippen molar-refractivity contribution >= 4 is 67.1 Å². The van der Waals surface area contributed by atoms with E-state index in [2.05, 4.69) is 47.8 Å². The lowest BCUT2D eigenvalue weighted by molar-refractivity contribution is -0.192. The second-order valence-electron chi connectivity index (χ2n) is 11.7. The van der Waals surface area contributed by atoms with E-state index in [1.165, 1.54) is 0 Å². The molecule has 1 spiro atoms. The lowest BCUT2D eigenvalue weighted by Crippen LogP contribution is -2.45. The molecule has 17 heteroatoms. The molecule has 0 unspecified atom stereocenters. The molecule has 0 saturated carbocycles. The van der Waals surface area contributed by atoms with Crippen molar-refractivity contribution in [2.75, 3.05) is 26.2 Å². The molecule has 46 heavy (non-hydrogen) atoms. The highest BCUT2D eigenvalue weighted by atomic mass is 79.9. The van der Waals surface area contributed by atoms with Crippen LogP contribution in [0.3, 0.4) is 0 Å². The van der Waals surface area contributed by atoms with E-state index in [0.717, 1.165) is 22.4 Å². The highest BCUT2D eigenvalue weighted by Gasteiger charge is 2.48. The number of fused-ring (bicyclic) bond motifs is 2. The van der Waals surface area contributed by atoms with E-state index in [1.54, 1.807) is 25.3 Å². The molecule has 3 heterocycles. The summed E-state index contributed by atoms with van der Waals surface area (Å²) in [6.07, 6.45) is 1.30. The summed E-state index contributed by atoms with van der Waals surface area (Å²) < 4.78 is 39.5. The molecule has 248 valence electrons. The molecule has 4 N–H and O–H groups in total. The Hall–Kier alpha value is -3.73. The van der Waals surface area contributed by atoms with Crippen molar-refractivity contribution in [2.45, 2.75) is 51.9 Å². The smallest absolute Gasteiger partial charge is 0.475 e. The molecule has 5 rings (SSSR count). The molecule has 12 nitrogen and oxygen atoms in total. The number of ketones is 2. The summed E-state index contributed by atoms with van der Waals surface area (Å²) in [5.41, 5.74) is 2.84. The van der Waals surface area contributed by atoms with E-state index in [0.29, 0.717) is 46.3 Å². The number of hydrogen-bond donors (Lipinski definition) is 4. The molecule has 0 radical (unpaired) electrons. The lowest BCUT2D eigenvalue weighted by Gasteiger charge is -2.41. The number of carbonyl (C=O) groups is 5. The maximum Gasteiger partial charge on any atom is 0.490 e. The third-order valence-corrected chi connectivity index (χ3v) is 8.33. The van der Waals surface area contributed by atoms with Gasteiger partial charge in [-0.3, -0.25) is 19.4 Å². The second kappa shape index (κ2) is 13.2. The van der Waals surface area contributed by atoms with Crippen LogP contribution in [0.25, 0.3) is 0 Å². The number of carboxylic acids is 1. The van der Waals surface area contributed by atoms with Crippen LogP contribution in [0.5, 0.6) is 0 Å². The van der Waals surface area contributed by atoms with Gasteiger partial charge in [-0.15, -0.1) is 0 Å². The zero-order valence-electron chi connectivity index (χ0n) is 24.9. The summed E-state index contributed by atoms with van der Waals surface area (Å²) >= 11 is 6.82. The third kappa shape index (κ3) is 7.45. The number of alkyl carbamates (subject to hydrolysis) is 1. The molecule has 0 saturated heterocycles. The number of carboxylic acid groups (broad SMARTS) is 1. The predicted octanol–water partition coefficient (Wildman–Crippen LogP) is 3.68. The minimum atomic E-state index is -5.08. The monoisotopic (exact) mass is 775 g/mol. The number of amides is 2. The largest absolute Gasteiger partial charge is 0.490 e. The number of carbonyl (C=O) groups excluding carboxylic acids is 4. The first-order valence-corrected chi connectivity index (χ1v) is 15.6. The Kier molecular flexibility index (Phi) is 10.1. The average Bonchev–Trinajstić information content (AvgIpc) is 3.30. The van der Waals surface area contributed by atoms with Crippen molar-refractivity contribution in [1.82, 2.24) is 20.5 Å². The summed E-state index contributed by atoms with van der Waals surface area (Å²) in [5, 5.41) is 15.8. The fourth-order valence-corrected chi connectivity index (χ4v) is 6.93. The number of halogens is 5. The Morgan fingerprint density at radius 3 is 2.28 bits per heavy atom. The van der Waals surface area contributed by atoms with Crippen LogP contribution in [-0.2, 0) is 32.1 Å². The first kappa shape index (κ1) is 35.1. The van der Waals surface area contributed by atoms with Crippen molar-refractivity contribution in [3.63, 3.8) is 0 Å². The van der Waals surface area contributed by atoms with E-state index in [9.17, 15) is 32.3 Å². The predicted molar refractivity (Wildman–Crippen MR) is 166 cm³/mol. The highest BCUT2D eigenvalue weighted by Crippen LogP contribution is 2.49. The fraction of sp³-hybridized carbons (Fsp3) is 0.448. The molecule has 0 atom stereocenters. The van der Waals surface area contributed by atoms with Crippen LogP contribution in [0, 0.1) is 5.41 Å². The molecule has 4 aliphatic rings. The number of aliphatic carboxylic acids is 1. The van der Waals surface area contributed by atoms with Gasteiger partial charge in [-0.2, -0.15) is 13.2 Å². The third-order valence-electron chi connectivity index (χ3n) is 7.15. The van der Waals surface area contributed by atoms with Gasteiger partial charge in [-0.1, -0.05) is 12.2 Å². The van der Waals surface area contributed by atoms with Crippen molar-refractivity contribution in [1.29, 1.82) is 0 Å². The second-order valence-corrected chi connectivity index (χ2v) is 13.4. The average molecular weight is 777 g/mol. The lowest BCUT2D eigenvalue weighted by atomic mass is 9.66. The number of alkyl halides is 3. The summed E-state index contributed by atoms with van der Waals surface area (Å²) in [5.74, 6) is -3.38. The van der Waals surface area contributed by atoms with Crippen LogP contribution in [0.2, 0.25) is 0 Å². The van der Waals surface area contributed by atoms with Crippen molar-refractivity contribution in [2.24, 2.45) is 10.4 Å². The van der Waals surface area contributed by atoms with Gasteiger partial charge < -0.3 is 30.4 Å². The van der Waals surface area contributed by atoms with Crippen LogP contribution in [-0.4, -0.2) is 82.9 Å². The Bertz CT molecular complexity index is 1610. The van der Waals surface area contributed by atoms with Crippen LogP contribution >= 0.6 is 31.9 Å². The zero-order chi connectivity index (χ0) is 34.2. The van der Waals surface area contributed by atoms with Crippen LogP contribution in [0.1, 0.15) is 48.8 Å². The maximum absolute atomic E-state index is 13.9. The van der Waals surface area contributed by atoms with Crippen LogP contribution in [0.15, 0.2) is 43.6 Å². The first-order valence-electron chi connectivity index (χ1n) is 14.0. The number of Topliss-reactive ketones (excluding diaryl/α,β-unsaturated/α-hetero) is 2. The van der Waals surface area contributed by atoms with E-state index >= 15 is 0 Å². The SMILES string of the molecule is CC(C)(C)OC(=O)NCCNC(=O)Cn1cc2c3c1C(=O)C1=C(C3=NCC2)C2(C=C(Br)C(=O)C(Br)=C2)CCN1.O=C(O)C(F)(F)F. The molecule has 2 aliphatic carbocycles. The molecular weight excluding hydrogens is 747 g/mol. The highest BCUT2D eigenvalue weighted by molar-refractivity contribution is 9.13. The standard InChI is InChI=1S/C27H29Br2N5O5.C2HF3O2/c1-26(2,3)39-25(38)33-9-8-30-17(35)13-34-12-14-4-6-31-20-18(14)22(34)24(37)21-19(20)27(5-7-32-21)10-15(28)23(36)16(29)11-27;3-2(4,5)1(6)7/h10-12,32H,4-9,13H2,1-3H3,(H,30,35)(H,33,38);(H,6,7). The molecule has 0 bridgehead atoms. The molecule has 2 amide bonds. The van der Waals surface area contributed by atoms with Gasteiger partial charge in [-0.05, 0) is 71.0 Å². The Morgan fingerprint density at radius 1 is 1.09 bits per heavy atom. The molecular formula is C29H30Br2F3N5O7. The number of nitrogens with zero attached hydrogens (tertiary/aromatic N) is 2. The van der Waals surface area contributed by atoms with Gasteiger partial charge in [0.2, 0.25) is 17.5 Å². The number of ether oxygens (including phenoxy) is 1. The summed E-state index contributed by atoms with van der Waals surface area (Å²) in [6, 6.07) is 0. The molecule has 2 aliphatic heterocycles.